The molecule has 0 radical (unpaired) electrons. The van der Waals surface area contributed by atoms with Gasteiger partial charge in [-0.15, -0.1) is 11.6 Å². The Morgan fingerprint density at radius 1 is 1.42 bits per heavy atom. The number of hydrogen-bond acceptors (Lipinski definition) is 3. The van der Waals surface area contributed by atoms with Crippen LogP contribution in [-0.4, -0.2) is 37.6 Å². The number of amides is 1. The van der Waals surface area contributed by atoms with Crippen LogP contribution in [-0.2, 0) is 9.53 Å². The zero-order valence-corrected chi connectivity index (χ0v) is 12.2. The van der Waals surface area contributed by atoms with Gasteiger partial charge in [0.25, 0.3) is 0 Å². The molecule has 0 bridgehead atoms. The van der Waals surface area contributed by atoms with Gasteiger partial charge in [0.1, 0.15) is 5.38 Å². The van der Waals surface area contributed by atoms with Gasteiger partial charge < -0.3 is 15.0 Å². The molecule has 19 heavy (non-hydrogen) atoms. The summed E-state index contributed by atoms with van der Waals surface area (Å²) < 4.78 is 5.31. The molecule has 104 valence electrons. The molecule has 1 aromatic rings. The van der Waals surface area contributed by atoms with Crippen LogP contribution >= 0.6 is 23.2 Å². The minimum atomic E-state index is -0.572. The summed E-state index contributed by atoms with van der Waals surface area (Å²) in [5.74, 6) is -0.239. The average molecular weight is 303 g/mol. The van der Waals surface area contributed by atoms with Crippen molar-refractivity contribution in [1.29, 1.82) is 0 Å². The van der Waals surface area contributed by atoms with Crippen LogP contribution in [0.4, 0.5) is 11.4 Å². The lowest BCUT2D eigenvalue weighted by molar-refractivity contribution is -0.115. The summed E-state index contributed by atoms with van der Waals surface area (Å²) in [5.41, 5.74) is 1.61. The molecular formula is C13H16Cl2N2O2. The quantitative estimate of drug-likeness (QED) is 0.873. The predicted octanol–water partition coefficient (Wildman–Crippen LogP) is 2.74. The highest BCUT2D eigenvalue weighted by atomic mass is 35.5. The molecule has 0 spiro atoms. The van der Waals surface area contributed by atoms with Crippen LogP contribution in [0.25, 0.3) is 0 Å². The van der Waals surface area contributed by atoms with E-state index in [0.717, 1.165) is 18.8 Å². The Labute approximate surface area is 122 Å². The molecular weight excluding hydrogens is 287 g/mol. The highest BCUT2D eigenvalue weighted by molar-refractivity contribution is 6.34. The summed E-state index contributed by atoms with van der Waals surface area (Å²) in [6.07, 6.45) is 0. The summed E-state index contributed by atoms with van der Waals surface area (Å²) in [6.45, 7) is 4.69. The van der Waals surface area contributed by atoms with Crippen molar-refractivity contribution in [3.05, 3.63) is 23.2 Å². The molecule has 4 nitrogen and oxygen atoms in total. The van der Waals surface area contributed by atoms with Gasteiger partial charge in [-0.05, 0) is 25.1 Å². The number of hydrogen-bond donors (Lipinski definition) is 1. The molecule has 1 amide bonds. The third-order valence-corrected chi connectivity index (χ3v) is 3.43. The minimum Gasteiger partial charge on any atom is -0.378 e. The maximum absolute atomic E-state index is 11.5. The lowest BCUT2D eigenvalue weighted by atomic mass is 10.2. The molecule has 1 saturated heterocycles. The fourth-order valence-electron chi connectivity index (χ4n) is 1.89. The highest BCUT2D eigenvalue weighted by Gasteiger charge is 2.15. The first-order valence-corrected chi connectivity index (χ1v) is 6.96. The van der Waals surface area contributed by atoms with Crippen molar-refractivity contribution >= 4 is 40.5 Å². The van der Waals surface area contributed by atoms with Gasteiger partial charge >= 0.3 is 0 Å². The van der Waals surface area contributed by atoms with Crippen molar-refractivity contribution in [2.24, 2.45) is 0 Å². The second-order valence-electron chi connectivity index (χ2n) is 4.37. The number of alkyl halides is 1. The summed E-state index contributed by atoms with van der Waals surface area (Å²) in [4.78, 5) is 13.7. The van der Waals surface area contributed by atoms with E-state index in [0.29, 0.717) is 23.9 Å². The summed E-state index contributed by atoms with van der Waals surface area (Å²) in [7, 11) is 0. The van der Waals surface area contributed by atoms with Crippen molar-refractivity contribution in [3.8, 4) is 0 Å². The van der Waals surface area contributed by atoms with Crippen LogP contribution in [0.3, 0.4) is 0 Å². The van der Waals surface area contributed by atoms with E-state index >= 15 is 0 Å². The second-order valence-corrected chi connectivity index (χ2v) is 5.43. The van der Waals surface area contributed by atoms with Crippen molar-refractivity contribution in [1.82, 2.24) is 0 Å². The molecule has 1 atom stereocenters. The van der Waals surface area contributed by atoms with E-state index in [9.17, 15) is 4.79 Å². The standard InChI is InChI=1S/C13H16Cl2N2O2/c1-9(14)13(18)16-10-2-3-12(11(15)8-10)17-4-6-19-7-5-17/h2-3,8-9H,4-7H2,1H3,(H,16,18). The van der Waals surface area contributed by atoms with E-state index < -0.39 is 5.38 Å². The average Bonchev–Trinajstić information content (AvgIpc) is 2.39. The molecule has 2 rings (SSSR count). The van der Waals surface area contributed by atoms with Crippen molar-refractivity contribution in [2.45, 2.75) is 12.3 Å². The molecule has 1 heterocycles. The fourth-order valence-corrected chi connectivity index (χ4v) is 2.24. The lowest BCUT2D eigenvalue weighted by Gasteiger charge is -2.29. The number of halogens is 2. The normalized spacial score (nSPS) is 17.1. The highest BCUT2D eigenvalue weighted by Crippen LogP contribution is 2.29. The Balaban J connectivity index is 2.10. The zero-order valence-electron chi connectivity index (χ0n) is 10.7. The van der Waals surface area contributed by atoms with E-state index in [4.69, 9.17) is 27.9 Å². The van der Waals surface area contributed by atoms with Gasteiger partial charge in [0.15, 0.2) is 0 Å². The second kappa shape index (κ2) is 6.46. The van der Waals surface area contributed by atoms with E-state index in [2.05, 4.69) is 10.2 Å². The topological polar surface area (TPSA) is 41.6 Å². The molecule has 6 heteroatoms. The van der Waals surface area contributed by atoms with Gasteiger partial charge in [-0.3, -0.25) is 4.79 Å². The Bertz CT molecular complexity index is 460. The molecule has 0 aromatic heterocycles. The number of benzene rings is 1. The maximum Gasteiger partial charge on any atom is 0.242 e. The van der Waals surface area contributed by atoms with Crippen molar-refractivity contribution < 1.29 is 9.53 Å². The lowest BCUT2D eigenvalue weighted by Crippen LogP contribution is -2.36. The van der Waals surface area contributed by atoms with E-state index in [1.54, 1.807) is 13.0 Å². The summed E-state index contributed by atoms with van der Waals surface area (Å²) in [6, 6.07) is 5.47. The monoisotopic (exact) mass is 302 g/mol. The number of carbonyl (C=O) groups is 1. The van der Waals surface area contributed by atoms with Crippen molar-refractivity contribution in [2.75, 3.05) is 36.5 Å². The molecule has 1 aliphatic rings. The van der Waals surface area contributed by atoms with E-state index in [1.165, 1.54) is 0 Å². The number of ether oxygens (including phenoxy) is 1. The van der Waals surface area contributed by atoms with E-state index in [1.807, 2.05) is 12.1 Å². The van der Waals surface area contributed by atoms with Crippen molar-refractivity contribution in [3.63, 3.8) is 0 Å². The maximum atomic E-state index is 11.5. The van der Waals surface area contributed by atoms with Gasteiger partial charge in [0.05, 0.1) is 23.9 Å². The Morgan fingerprint density at radius 3 is 2.68 bits per heavy atom. The van der Waals surface area contributed by atoms with Gasteiger partial charge in [-0.1, -0.05) is 11.6 Å². The molecule has 1 N–H and O–H groups in total. The molecule has 0 saturated carbocycles. The number of morpholine rings is 1. The molecule has 1 aliphatic heterocycles. The number of rotatable bonds is 3. The van der Waals surface area contributed by atoms with Crippen LogP contribution in [0.1, 0.15) is 6.92 Å². The van der Waals surface area contributed by atoms with Crippen LogP contribution < -0.4 is 10.2 Å². The molecule has 1 fully saturated rings. The molecule has 1 unspecified atom stereocenters. The van der Waals surface area contributed by atoms with Crippen LogP contribution in [0.2, 0.25) is 5.02 Å². The first-order chi connectivity index (χ1) is 9.08. The van der Waals surface area contributed by atoms with Gasteiger partial charge in [0.2, 0.25) is 5.91 Å². The number of carbonyl (C=O) groups excluding carboxylic acids is 1. The van der Waals surface area contributed by atoms with Gasteiger partial charge in [-0.2, -0.15) is 0 Å². The molecule has 1 aromatic carbocycles. The number of anilines is 2. The summed E-state index contributed by atoms with van der Waals surface area (Å²) in [5, 5.41) is 2.76. The Kier molecular flexibility index (Phi) is 4.91. The van der Waals surface area contributed by atoms with Crippen LogP contribution in [0, 0.1) is 0 Å². The molecule has 0 aliphatic carbocycles. The van der Waals surface area contributed by atoms with Crippen LogP contribution in [0.5, 0.6) is 0 Å². The predicted molar refractivity (Wildman–Crippen MR) is 78.4 cm³/mol. The fraction of sp³-hybridized carbons (Fsp3) is 0.462. The summed E-state index contributed by atoms with van der Waals surface area (Å²) >= 11 is 12.0. The number of nitrogens with one attached hydrogen (secondary N) is 1. The Hall–Kier alpha value is -0.970. The first kappa shape index (κ1) is 14.4. The minimum absolute atomic E-state index is 0.239. The van der Waals surface area contributed by atoms with E-state index in [-0.39, 0.29) is 5.91 Å². The smallest absolute Gasteiger partial charge is 0.242 e. The van der Waals surface area contributed by atoms with Gasteiger partial charge in [-0.25, -0.2) is 0 Å². The third kappa shape index (κ3) is 3.75. The largest absolute Gasteiger partial charge is 0.378 e. The Morgan fingerprint density at radius 2 is 2.11 bits per heavy atom. The van der Waals surface area contributed by atoms with Crippen LogP contribution in [0.15, 0.2) is 18.2 Å². The SMILES string of the molecule is CC(Cl)C(=O)Nc1ccc(N2CCOCC2)c(Cl)c1. The van der Waals surface area contributed by atoms with Gasteiger partial charge in [0, 0.05) is 18.8 Å². The number of nitrogens with zero attached hydrogens (tertiary/aromatic N) is 1. The zero-order chi connectivity index (χ0) is 13.8. The first-order valence-electron chi connectivity index (χ1n) is 6.15. The third-order valence-electron chi connectivity index (χ3n) is 2.93.